The van der Waals surface area contributed by atoms with Crippen LogP contribution in [0.1, 0.15) is 25.8 Å². The van der Waals surface area contributed by atoms with E-state index in [0.717, 1.165) is 23.4 Å². The van der Waals surface area contributed by atoms with E-state index < -0.39 is 0 Å². The summed E-state index contributed by atoms with van der Waals surface area (Å²) in [5.41, 5.74) is 1.85. The number of benzene rings is 1. The summed E-state index contributed by atoms with van der Waals surface area (Å²) in [6, 6.07) is 5.72. The van der Waals surface area contributed by atoms with Gasteiger partial charge >= 0.3 is 0 Å². The number of nitrogens with one attached hydrogen (secondary N) is 2. The molecular weight excluding hydrogens is 276 g/mol. The van der Waals surface area contributed by atoms with Gasteiger partial charge in [0.05, 0.1) is 13.2 Å². The third kappa shape index (κ3) is 6.78. The maximum absolute atomic E-state index is 11.5. The Hall–Kier alpha value is -1.26. The predicted octanol–water partition coefficient (Wildman–Crippen LogP) is 3.00. The summed E-state index contributed by atoms with van der Waals surface area (Å²) in [6.07, 6.45) is 1.02. The Morgan fingerprint density at radius 3 is 2.65 bits per heavy atom. The van der Waals surface area contributed by atoms with Crippen LogP contribution >= 0.6 is 12.4 Å². The molecule has 0 fully saturated rings. The Labute approximate surface area is 127 Å². The molecule has 1 rings (SSSR count). The summed E-state index contributed by atoms with van der Waals surface area (Å²) >= 11 is 0. The Bertz CT molecular complexity index is 422. The fraction of sp³-hybridized carbons (Fsp3) is 0.533. The third-order valence-corrected chi connectivity index (χ3v) is 2.76. The molecule has 0 aliphatic carbocycles. The molecule has 0 unspecified atom stereocenters. The first-order valence-corrected chi connectivity index (χ1v) is 6.71. The number of amides is 1. The smallest absolute Gasteiger partial charge is 0.238 e. The van der Waals surface area contributed by atoms with E-state index >= 15 is 0 Å². The second kappa shape index (κ2) is 9.61. The molecule has 0 aliphatic heterocycles. The van der Waals surface area contributed by atoms with E-state index in [9.17, 15) is 4.79 Å². The van der Waals surface area contributed by atoms with E-state index in [0.29, 0.717) is 19.1 Å². The summed E-state index contributed by atoms with van der Waals surface area (Å²) in [5.74, 6) is 1.40. The third-order valence-electron chi connectivity index (χ3n) is 2.76. The fourth-order valence-corrected chi connectivity index (χ4v) is 1.60. The van der Waals surface area contributed by atoms with Crippen molar-refractivity contribution < 1.29 is 9.53 Å². The largest absolute Gasteiger partial charge is 0.493 e. The molecule has 4 nitrogen and oxygen atoms in total. The first-order valence-electron chi connectivity index (χ1n) is 6.71. The first-order chi connectivity index (χ1) is 9.02. The number of likely N-dealkylation sites (N-methyl/N-ethyl adjacent to an activating group) is 1. The number of hydrogen-bond donors (Lipinski definition) is 2. The average molecular weight is 301 g/mol. The quantitative estimate of drug-likeness (QED) is 0.814. The van der Waals surface area contributed by atoms with Gasteiger partial charge in [-0.2, -0.15) is 0 Å². The summed E-state index contributed by atoms with van der Waals surface area (Å²) in [5, 5.41) is 5.65. The standard InChI is InChI=1S/C15H24N2O2.ClH/c1-11(2)7-8-19-14-9-13(6-5-12(14)3)17-15(18)10-16-4;/h5-6,9,11,16H,7-8,10H2,1-4H3,(H,17,18);1H. The van der Waals surface area contributed by atoms with E-state index in [1.165, 1.54) is 0 Å². The van der Waals surface area contributed by atoms with Crippen LogP contribution in [0.3, 0.4) is 0 Å². The molecule has 0 aromatic heterocycles. The molecule has 5 heteroatoms. The Balaban J connectivity index is 0.00000361. The summed E-state index contributed by atoms with van der Waals surface area (Å²) in [4.78, 5) is 11.5. The highest BCUT2D eigenvalue weighted by Gasteiger charge is 2.05. The van der Waals surface area contributed by atoms with Crippen molar-refractivity contribution in [2.45, 2.75) is 27.2 Å². The van der Waals surface area contributed by atoms with Crippen LogP contribution in [0.25, 0.3) is 0 Å². The van der Waals surface area contributed by atoms with Crippen LogP contribution in [-0.2, 0) is 4.79 Å². The van der Waals surface area contributed by atoms with Gasteiger partial charge in [-0.05, 0) is 37.9 Å². The first kappa shape index (κ1) is 18.7. The van der Waals surface area contributed by atoms with Crippen molar-refractivity contribution in [3.05, 3.63) is 23.8 Å². The zero-order chi connectivity index (χ0) is 14.3. The van der Waals surface area contributed by atoms with Gasteiger partial charge in [0.15, 0.2) is 0 Å². The highest BCUT2D eigenvalue weighted by Crippen LogP contribution is 2.23. The zero-order valence-electron chi connectivity index (χ0n) is 12.7. The minimum Gasteiger partial charge on any atom is -0.493 e. The van der Waals surface area contributed by atoms with Gasteiger partial charge in [0.1, 0.15) is 5.75 Å². The molecule has 1 aromatic carbocycles. The molecule has 0 spiro atoms. The minimum absolute atomic E-state index is 0. The Kier molecular flexibility index (Phi) is 9.01. The van der Waals surface area contributed by atoms with Crippen LogP contribution in [-0.4, -0.2) is 26.1 Å². The normalized spacial score (nSPS) is 10.1. The van der Waals surface area contributed by atoms with E-state index in [1.54, 1.807) is 7.05 Å². The van der Waals surface area contributed by atoms with Crippen molar-refractivity contribution in [2.24, 2.45) is 5.92 Å². The second-order valence-electron chi connectivity index (χ2n) is 5.09. The van der Waals surface area contributed by atoms with Crippen LogP contribution in [0.5, 0.6) is 5.75 Å². The number of anilines is 1. The van der Waals surface area contributed by atoms with E-state index in [1.807, 2.05) is 25.1 Å². The van der Waals surface area contributed by atoms with Gasteiger partial charge in [-0.1, -0.05) is 19.9 Å². The van der Waals surface area contributed by atoms with Gasteiger partial charge in [-0.15, -0.1) is 12.4 Å². The van der Waals surface area contributed by atoms with Crippen LogP contribution in [0.15, 0.2) is 18.2 Å². The highest BCUT2D eigenvalue weighted by atomic mass is 35.5. The Morgan fingerprint density at radius 1 is 1.35 bits per heavy atom. The predicted molar refractivity (Wildman–Crippen MR) is 85.9 cm³/mol. The molecular formula is C15H25ClN2O2. The fourth-order valence-electron chi connectivity index (χ4n) is 1.60. The minimum atomic E-state index is -0.0560. The maximum atomic E-state index is 11.5. The second-order valence-corrected chi connectivity index (χ2v) is 5.09. The molecule has 0 aliphatic rings. The number of ether oxygens (including phenoxy) is 1. The van der Waals surface area contributed by atoms with Gasteiger partial charge in [-0.3, -0.25) is 4.79 Å². The lowest BCUT2D eigenvalue weighted by molar-refractivity contribution is -0.115. The summed E-state index contributed by atoms with van der Waals surface area (Å²) in [7, 11) is 1.75. The molecule has 0 atom stereocenters. The van der Waals surface area contributed by atoms with Crippen molar-refractivity contribution in [3.8, 4) is 5.75 Å². The number of carbonyl (C=O) groups excluding carboxylic acids is 1. The molecule has 0 radical (unpaired) electrons. The molecule has 1 aromatic rings. The number of hydrogen-bond acceptors (Lipinski definition) is 3. The lowest BCUT2D eigenvalue weighted by Crippen LogP contribution is -2.25. The van der Waals surface area contributed by atoms with Crippen LogP contribution in [0.4, 0.5) is 5.69 Å². The molecule has 2 N–H and O–H groups in total. The van der Waals surface area contributed by atoms with Gasteiger partial charge in [0.25, 0.3) is 0 Å². The Morgan fingerprint density at radius 2 is 2.05 bits per heavy atom. The molecule has 0 heterocycles. The number of aryl methyl sites for hydroxylation is 1. The van der Waals surface area contributed by atoms with Gasteiger partial charge in [0.2, 0.25) is 5.91 Å². The molecule has 0 saturated carbocycles. The van der Waals surface area contributed by atoms with E-state index in [2.05, 4.69) is 24.5 Å². The van der Waals surface area contributed by atoms with Gasteiger partial charge in [-0.25, -0.2) is 0 Å². The van der Waals surface area contributed by atoms with Crippen molar-refractivity contribution >= 4 is 24.0 Å². The van der Waals surface area contributed by atoms with Crippen molar-refractivity contribution in [2.75, 3.05) is 25.5 Å². The SMILES string of the molecule is CNCC(=O)Nc1ccc(C)c(OCCC(C)C)c1.Cl. The van der Waals surface area contributed by atoms with Gasteiger partial charge in [0, 0.05) is 11.8 Å². The maximum Gasteiger partial charge on any atom is 0.238 e. The lowest BCUT2D eigenvalue weighted by atomic mass is 10.1. The van der Waals surface area contributed by atoms with Crippen molar-refractivity contribution in [1.82, 2.24) is 5.32 Å². The topological polar surface area (TPSA) is 50.4 Å². The van der Waals surface area contributed by atoms with Gasteiger partial charge < -0.3 is 15.4 Å². The summed E-state index contributed by atoms with van der Waals surface area (Å²) < 4.78 is 5.76. The van der Waals surface area contributed by atoms with Crippen LogP contribution in [0, 0.1) is 12.8 Å². The highest BCUT2D eigenvalue weighted by molar-refractivity contribution is 5.92. The van der Waals surface area contributed by atoms with E-state index in [-0.39, 0.29) is 18.3 Å². The molecule has 1 amide bonds. The summed E-state index contributed by atoms with van der Waals surface area (Å²) in [6.45, 7) is 7.35. The average Bonchev–Trinajstić information content (AvgIpc) is 2.33. The van der Waals surface area contributed by atoms with Crippen LogP contribution < -0.4 is 15.4 Å². The van der Waals surface area contributed by atoms with Crippen LogP contribution in [0.2, 0.25) is 0 Å². The van der Waals surface area contributed by atoms with Crippen molar-refractivity contribution in [1.29, 1.82) is 0 Å². The molecule has 0 saturated heterocycles. The molecule has 114 valence electrons. The zero-order valence-corrected chi connectivity index (χ0v) is 13.5. The number of halogens is 1. The van der Waals surface area contributed by atoms with E-state index in [4.69, 9.17) is 4.74 Å². The monoisotopic (exact) mass is 300 g/mol. The lowest BCUT2D eigenvalue weighted by Gasteiger charge is -2.12. The number of carbonyl (C=O) groups is 1. The van der Waals surface area contributed by atoms with Crippen molar-refractivity contribution in [3.63, 3.8) is 0 Å². The molecule has 20 heavy (non-hydrogen) atoms. The molecule has 0 bridgehead atoms. The number of rotatable bonds is 7.